The van der Waals surface area contributed by atoms with E-state index in [9.17, 15) is 4.79 Å². The third-order valence-electron chi connectivity index (χ3n) is 3.54. The second kappa shape index (κ2) is 7.33. The van der Waals surface area contributed by atoms with Gasteiger partial charge in [-0.25, -0.2) is 0 Å². The summed E-state index contributed by atoms with van der Waals surface area (Å²) in [6.07, 6.45) is 1.42. The molecule has 1 amide bonds. The molecule has 0 spiro atoms. The van der Waals surface area contributed by atoms with Gasteiger partial charge in [0.2, 0.25) is 0 Å². The van der Waals surface area contributed by atoms with Gasteiger partial charge in [0.15, 0.2) is 10.9 Å². The molecule has 0 aliphatic carbocycles. The zero-order chi connectivity index (χ0) is 17.8. The highest BCUT2D eigenvalue weighted by Crippen LogP contribution is 2.27. The highest BCUT2D eigenvalue weighted by atomic mass is 32.1. The van der Waals surface area contributed by atoms with Crippen LogP contribution in [0.2, 0.25) is 0 Å². The zero-order valence-corrected chi connectivity index (χ0v) is 14.2. The quantitative estimate of drug-likeness (QED) is 0.621. The number of aryl methyl sites for hydroxylation is 1. The second-order valence-corrected chi connectivity index (χ2v) is 5.75. The maximum absolute atomic E-state index is 11.9. The van der Waals surface area contributed by atoms with E-state index >= 15 is 0 Å². The number of aliphatic hydroxyl groups excluding tert-OH is 1. The number of hydrogen-bond donors (Lipinski definition) is 3. The fraction of sp³-hybridized carbons (Fsp3) is 0.111. The summed E-state index contributed by atoms with van der Waals surface area (Å²) in [4.78, 5) is 11.9. The van der Waals surface area contributed by atoms with E-state index in [1.807, 2.05) is 31.2 Å². The van der Waals surface area contributed by atoms with Crippen molar-refractivity contribution in [1.29, 1.82) is 0 Å². The van der Waals surface area contributed by atoms with E-state index in [4.69, 9.17) is 26.2 Å². The minimum atomic E-state index is -0.414. The Balaban J connectivity index is 1.68. The average Bonchev–Trinajstić information content (AvgIpc) is 3.26. The molecule has 0 saturated heterocycles. The summed E-state index contributed by atoms with van der Waals surface area (Å²) in [7, 11) is 0. The Hall–Kier alpha value is -2.90. The Kier molecular flexibility index (Phi) is 4.97. The van der Waals surface area contributed by atoms with Crippen molar-refractivity contribution >= 4 is 28.9 Å². The number of thiocarbonyl (C=S) groups is 1. The normalized spacial score (nSPS) is 10.5. The van der Waals surface area contributed by atoms with Crippen LogP contribution < -0.4 is 10.6 Å². The molecule has 0 saturated carbocycles. The van der Waals surface area contributed by atoms with Gasteiger partial charge in [-0.15, -0.1) is 0 Å². The Morgan fingerprint density at radius 3 is 2.72 bits per heavy atom. The largest absolute Gasteiger partial charge is 0.459 e. The third-order valence-corrected chi connectivity index (χ3v) is 3.74. The summed E-state index contributed by atoms with van der Waals surface area (Å²) in [5, 5.41) is 14.8. The number of nitrogens with one attached hydrogen (secondary N) is 2. The van der Waals surface area contributed by atoms with Crippen molar-refractivity contribution in [3.63, 3.8) is 0 Å². The molecule has 6 nitrogen and oxygen atoms in total. The van der Waals surface area contributed by atoms with Crippen molar-refractivity contribution in [3.8, 4) is 11.3 Å². The van der Waals surface area contributed by atoms with Gasteiger partial charge in [-0.2, -0.15) is 0 Å². The molecule has 3 N–H and O–H groups in total. The van der Waals surface area contributed by atoms with E-state index in [2.05, 4.69) is 10.6 Å². The molecule has 0 radical (unpaired) electrons. The maximum atomic E-state index is 11.9. The first-order valence-electron chi connectivity index (χ1n) is 7.53. The van der Waals surface area contributed by atoms with Crippen LogP contribution in [-0.2, 0) is 6.61 Å². The Labute approximate surface area is 149 Å². The van der Waals surface area contributed by atoms with Crippen LogP contribution in [0.3, 0.4) is 0 Å². The Bertz CT molecular complexity index is 900. The maximum Gasteiger partial charge on any atom is 0.293 e. The lowest BCUT2D eigenvalue weighted by molar-refractivity contribution is 0.0950. The van der Waals surface area contributed by atoms with Crippen molar-refractivity contribution in [2.24, 2.45) is 0 Å². The van der Waals surface area contributed by atoms with E-state index in [1.54, 1.807) is 18.2 Å². The topological polar surface area (TPSA) is 87.6 Å². The average molecular weight is 356 g/mol. The number of rotatable bonds is 4. The molecular formula is C18H16N2O4S. The summed E-state index contributed by atoms with van der Waals surface area (Å²) < 4.78 is 10.6. The van der Waals surface area contributed by atoms with Gasteiger partial charge in [0.05, 0.1) is 6.26 Å². The monoisotopic (exact) mass is 356 g/mol. The number of carbonyl (C=O) groups is 1. The van der Waals surface area contributed by atoms with Crippen molar-refractivity contribution in [3.05, 3.63) is 65.8 Å². The molecule has 128 valence electrons. The number of aliphatic hydroxyl groups is 1. The molecule has 3 rings (SSSR count). The van der Waals surface area contributed by atoms with Gasteiger partial charge in [-0.1, -0.05) is 0 Å². The lowest BCUT2D eigenvalue weighted by Gasteiger charge is -2.11. The number of amides is 1. The molecule has 7 heteroatoms. The second-order valence-electron chi connectivity index (χ2n) is 5.34. The molecule has 0 bridgehead atoms. The number of anilines is 1. The standard InChI is InChI=1S/C18H16N2O4S/c1-11-9-12(4-6-14(11)15-7-5-13(10-21)24-15)19-18(25)20-17(22)16-3-2-8-23-16/h2-9,21H,10H2,1H3,(H2,19,20,22,25). The minimum Gasteiger partial charge on any atom is -0.459 e. The van der Waals surface area contributed by atoms with Crippen LogP contribution >= 0.6 is 12.2 Å². The SMILES string of the molecule is Cc1cc(NC(=S)NC(=O)c2ccco2)ccc1-c1ccc(CO)o1. The molecule has 0 fully saturated rings. The van der Waals surface area contributed by atoms with Crippen LogP contribution in [-0.4, -0.2) is 16.1 Å². The molecule has 0 atom stereocenters. The fourth-order valence-corrected chi connectivity index (χ4v) is 2.57. The van der Waals surface area contributed by atoms with E-state index in [0.29, 0.717) is 11.5 Å². The predicted octanol–water partition coefficient (Wildman–Crippen LogP) is 3.47. The van der Waals surface area contributed by atoms with Gasteiger partial charge in [0.1, 0.15) is 18.1 Å². The summed E-state index contributed by atoms with van der Waals surface area (Å²) in [5.41, 5.74) is 2.61. The first-order chi connectivity index (χ1) is 12.1. The van der Waals surface area contributed by atoms with Crippen LogP contribution in [0.5, 0.6) is 0 Å². The molecule has 0 aliphatic rings. The molecule has 0 aliphatic heterocycles. The van der Waals surface area contributed by atoms with Crippen LogP contribution in [0.25, 0.3) is 11.3 Å². The third kappa shape index (κ3) is 3.96. The van der Waals surface area contributed by atoms with Gasteiger partial charge in [-0.3, -0.25) is 10.1 Å². The summed E-state index contributed by atoms with van der Waals surface area (Å²) in [5.74, 6) is 0.969. The predicted molar refractivity (Wildman–Crippen MR) is 97.2 cm³/mol. The number of hydrogen-bond acceptors (Lipinski definition) is 5. The van der Waals surface area contributed by atoms with Crippen LogP contribution in [0.4, 0.5) is 5.69 Å². The van der Waals surface area contributed by atoms with Gasteiger partial charge in [-0.05, 0) is 67.2 Å². The lowest BCUT2D eigenvalue weighted by Crippen LogP contribution is -2.33. The first-order valence-corrected chi connectivity index (χ1v) is 7.94. The molecule has 1 aromatic carbocycles. The summed E-state index contributed by atoms with van der Waals surface area (Å²) in [6, 6.07) is 12.3. The van der Waals surface area contributed by atoms with Crippen molar-refractivity contribution in [2.75, 3.05) is 5.32 Å². The number of furan rings is 2. The molecular weight excluding hydrogens is 340 g/mol. The first kappa shape index (κ1) is 16.9. The van der Waals surface area contributed by atoms with Crippen molar-refractivity contribution < 1.29 is 18.7 Å². The minimum absolute atomic E-state index is 0.137. The highest BCUT2D eigenvalue weighted by Gasteiger charge is 2.12. The van der Waals surface area contributed by atoms with Crippen LogP contribution in [0, 0.1) is 6.92 Å². The molecule has 3 aromatic rings. The van der Waals surface area contributed by atoms with E-state index in [1.165, 1.54) is 6.26 Å². The molecule has 0 unspecified atom stereocenters. The van der Waals surface area contributed by atoms with E-state index in [0.717, 1.165) is 16.8 Å². The van der Waals surface area contributed by atoms with E-state index < -0.39 is 5.91 Å². The van der Waals surface area contributed by atoms with Gasteiger partial charge < -0.3 is 19.3 Å². The lowest BCUT2D eigenvalue weighted by atomic mass is 10.1. The number of carbonyl (C=O) groups excluding carboxylic acids is 1. The van der Waals surface area contributed by atoms with Gasteiger partial charge in [0.25, 0.3) is 5.91 Å². The highest BCUT2D eigenvalue weighted by molar-refractivity contribution is 7.80. The molecule has 25 heavy (non-hydrogen) atoms. The smallest absolute Gasteiger partial charge is 0.293 e. The summed E-state index contributed by atoms with van der Waals surface area (Å²) in [6.45, 7) is 1.80. The van der Waals surface area contributed by atoms with Gasteiger partial charge >= 0.3 is 0 Å². The van der Waals surface area contributed by atoms with Crippen molar-refractivity contribution in [2.45, 2.75) is 13.5 Å². The fourth-order valence-electron chi connectivity index (χ4n) is 2.36. The Morgan fingerprint density at radius 2 is 2.08 bits per heavy atom. The summed E-state index contributed by atoms with van der Waals surface area (Å²) >= 11 is 5.14. The van der Waals surface area contributed by atoms with Gasteiger partial charge in [0, 0.05) is 11.3 Å². The Morgan fingerprint density at radius 1 is 1.24 bits per heavy atom. The van der Waals surface area contributed by atoms with Crippen LogP contribution in [0.15, 0.2) is 57.6 Å². The van der Waals surface area contributed by atoms with Crippen molar-refractivity contribution in [1.82, 2.24) is 5.32 Å². The number of benzene rings is 1. The zero-order valence-electron chi connectivity index (χ0n) is 13.4. The van der Waals surface area contributed by atoms with Crippen LogP contribution in [0.1, 0.15) is 21.9 Å². The van der Waals surface area contributed by atoms with E-state index in [-0.39, 0.29) is 17.5 Å². The molecule has 2 aromatic heterocycles. The molecule has 2 heterocycles.